The van der Waals surface area contributed by atoms with Gasteiger partial charge in [0.2, 0.25) is 0 Å². The van der Waals surface area contributed by atoms with E-state index < -0.39 is 21.7 Å². The second-order valence-electron chi connectivity index (χ2n) is 7.17. The Hall–Kier alpha value is -5.06. The second-order valence-corrected chi connectivity index (χ2v) is 7.17. The highest BCUT2D eigenvalue weighted by molar-refractivity contribution is 6.31. The van der Waals surface area contributed by atoms with Gasteiger partial charge in [-0.05, 0) is 47.5 Å². The highest BCUT2D eigenvalue weighted by atomic mass is 16.6. The summed E-state index contributed by atoms with van der Waals surface area (Å²) in [6.45, 7) is -0.0494. The van der Waals surface area contributed by atoms with E-state index in [0.29, 0.717) is 11.3 Å². The standard InChI is InChI=1S/C23H16N4O7/c28-22-19(23(29)25(24-22)17-4-2-1-3-5-17)12-16-8-11-21(20(13-16)27(32)33)34-14-15-6-9-18(10-7-15)26(30)31/h1-13H,14H2,(H,24,28). The number of amides is 2. The van der Waals surface area contributed by atoms with Gasteiger partial charge in [-0.25, -0.2) is 5.01 Å². The first-order valence-corrected chi connectivity index (χ1v) is 9.90. The van der Waals surface area contributed by atoms with Crippen LogP contribution in [0.1, 0.15) is 11.1 Å². The number of ether oxygens (including phenoxy) is 1. The molecule has 1 aliphatic rings. The van der Waals surface area contributed by atoms with Crippen LogP contribution in [0.15, 0.2) is 78.4 Å². The molecule has 34 heavy (non-hydrogen) atoms. The molecular weight excluding hydrogens is 444 g/mol. The molecule has 1 saturated heterocycles. The number of nitro benzene ring substituents is 2. The first kappa shape index (κ1) is 22.1. The van der Waals surface area contributed by atoms with Crippen molar-refractivity contribution in [3.05, 3.63) is 110 Å². The number of anilines is 1. The summed E-state index contributed by atoms with van der Waals surface area (Å²) in [5.74, 6) is -1.24. The van der Waals surface area contributed by atoms with Crippen LogP contribution < -0.4 is 15.2 Å². The van der Waals surface area contributed by atoms with E-state index in [-0.39, 0.29) is 34.9 Å². The van der Waals surface area contributed by atoms with Crippen LogP contribution in [0.5, 0.6) is 5.75 Å². The van der Waals surface area contributed by atoms with Gasteiger partial charge in [0.15, 0.2) is 5.75 Å². The van der Waals surface area contributed by atoms with Crippen LogP contribution in [0, 0.1) is 20.2 Å². The lowest BCUT2D eigenvalue weighted by molar-refractivity contribution is -0.386. The van der Waals surface area contributed by atoms with Gasteiger partial charge in [0.1, 0.15) is 12.2 Å². The molecule has 0 radical (unpaired) electrons. The Balaban J connectivity index is 1.55. The number of hydrogen-bond acceptors (Lipinski definition) is 7. The summed E-state index contributed by atoms with van der Waals surface area (Å²) in [4.78, 5) is 46.2. The number of hydrogen-bond donors (Lipinski definition) is 1. The summed E-state index contributed by atoms with van der Waals surface area (Å²) in [6, 6.07) is 18.2. The molecule has 0 atom stereocenters. The normalized spacial score (nSPS) is 14.2. The third-order valence-electron chi connectivity index (χ3n) is 4.94. The third-order valence-corrected chi connectivity index (χ3v) is 4.94. The van der Waals surface area contributed by atoms with E-state index in [1.54, 1.807) is 30.3 Å². The van der Waals surface area contributed by atoms with Crippen LogP contribution in [0.4, 0.5) is 17.1 Å². The molecule has 11 heteroatoms. The van der Waals surface area contributed by atoms with Gasteiger partial charge in [-0.3, -0.25) is 35.2 Å². The average Bonchev–Trinajstić information content (AvgIpc) is 3.12. The number of nitrogens with zero attached hydrogens (tertiary/aromatic N) is 3. The van der Waals surface area contributed by atoms with Crippen LogP contribution in [0.25, 0.3) is 6.08 Å². The summed E-state index contributed by atoms with van der Waals surface area (Å²) in [6.07, 6.45) is 1.27. The van der Waals surface area contributed by atoms with E-state index in [1.807, 2.05) is 0 Å². The molecule has 1 N–H and O–H groups in total. The summed E-state index contributed by atoms with van der Waals surface area (Å²) in [5, 5.41) is 23.4. The van der Waals surface area contributed by atoms with E-state index >= 15 is 0 Å². The third kappa shape index (κ3) is 4.58. The van der Waals surface area contributed by atoms with Gasteiger partial charge >= 0.3 is 5.69 Å². The number of rotatable bonds is 7. The van der Waals surface area contributed by atoms with Gasteiger partial charge < -0.3 is 4.74 Å². The lowest BCUT2D eigenvalue weighted by Crippen LogP contribution is -2.35. The fraction of sp³-hybridized carbons (Fsp3) is 0.0435. The molecule has 2 amide bonds. The maximum Gasteiger partial charge on any atom is 0.311 e. The smallest absolute Gasteiger partial charge is 0.311 e. The van der Waals surface area contributed by atoms with Gasteiger partial charge in [0.25, 0.3) is 17.5 Å². The van der Waals surface area contributed by atoms with Gasteiger partial charge in [-0.15, -0.1) is 0 Å². The minimum Gasteiger partial charge on any atom is -0.482 e. The zero-order chi connectivity index (χ0) is 24.2. The molecule has 0 spiro atoms. The van der Waals surface area contributed by atoms with E-state index in [4.69, 9.17) is 4.74 Å². The Morgan fingerprint density at radius 3 is 2.26 bits per heavy atom. The number of non-ortho nitro benzene ring substituents is 1. The van der Waals surface area contributed by atoms with Gasteiger partial charge in [0, 0.05) is 18.2 Å². The fourth-order valence-corrected chi connectivity index (χ4v) is 3.25. The van der Waals surface area contributed by atoms with Crippen molar-refractivity contribution in [3.63, 3.8) is 0 Å². The second kappa shape index (κ2) is 9.20. The van der Waals surface area contributed by atoms with Crippen molar-refractivity contribution < 1.29 is 24.2 Å². The Morgan fingerprint density at radius 2 is 1.62 bits per heavy atom. The van der Waals surface area contributed by atoms with Crippen LogP contribution in [0.3, 0.4) is 0 Å². The number of carbonyl (C=O) groups excluding carboxylic acids is 2. The molecule has 1 aliphatic heterocycles. The van der Waals surface area contributed by atoms with Crippen molar-refractivity contribution in [2.75, 3.05) is 5.01 Å². The summed E-state index contributed by atoms with van der Waals surface area (Å²) in [5.41, 5.74) is 3.18. The monoisotopic (exact) mass is 460 g/mol. The molecule has 3 aromatic rings. The molecule has 0 unspecified atom stereocenters. The number of benzene rings is 3. The first-order valence-electron chi connectivity index (χ1n) is 9.90. The summed E-state index contributed by atoms with van der Waals surface area (Å²) >= 11 is 0. The molecule has 0 aromatic heterocycles. The van der Waals surface area contributed by atoms with E-state index in [1.165, 1.54) is 48.5 Å². The fourth-order valence-electron chi connectivity index (χ4n) is 3.25. The number of carbonyl (C=O) groups is 2. The maximum atomic E-state index is 12.7. The quantitative estimate of drug-likeness (QED) is 0.246. The predicted molar refractivity (Wildman–Crippen MR) is 121 cm³/mol. The minimum atomic E-state index is -0.639. The van der Waals surface area contributed by atoms with Gasteiger partial charge in [0.05, 0.1) is 15.5 Å². The highest BCUT2D eigenvalue weighted by Gasteiger charge is 2.34. The van der Waals surface area contributed by atoms with Crippen molar-refractivity contribution >= 4 is 35.0 Å². The van der Waals surface area contributed by atoms with Crippen LogP contribution in [0.2, 0.25) is 0 Å². The van der Waals surface area contributed by atoms with Crippen molar-refractivity contribution in [3.8, 4) is 5.75 Å². The zero-order valence-electron chi connectivity index (χ0n) is 17.4. The Bertz CT molecular complexity index is 1320. The van der Waals surface area contributed by atoms with Crippen molar-refractivity contribution in [1.82, 2.24) is 5.43 Å². The van der Waals surface area contributed by atoms with Crippen LogP contribution in [-0.2, 0) is 16.2 Å². The van der Waals surface area contributed by atoms with E-state index in [0.717, 1.165) is 5.01 Å². The molecule has 170 valence electrons. The molecule has 3 aromatic carbocycles. The van der Waals surface area contributed by atoms with Crippen molar-refractivity contribution in [2.24, 2.45) is 0 Å². The molecule has 11 nitrogen and oxygen atoms in total. The molecule has 1 heterocycles. The Labute approximate surface area is 192 Å². The average molecular weight is 460 g/mol. The first-order chi connectivity index (χ1) is 16.3. The topological polar surface area (TPSA) is 145 Å². The SMILES string of the molecule is O=C1NN(c2ccccc2)C(=O)C1=Cc1ccc(OCc2ccc([N+](=O)[O-])cc2)c([N+](=O)[O-])c1. The zero-order valence-corrected chi connectivity index (χ0v) is 17.4. The maximum absolute atomic E-state index is 12.7. The van der Waals surface area contributed by atoms with Crippen molar-refractivity contribution in [2.45, 2.75) is 6.61 Å². The molecule has 4 rings (SSSR count). The van der Waals surface area contributed by atoms with E-state index in [9.17, 15) is 29.8 Å². The van der Waals surface area contributed by atoms with Crippen LogP contribution >= 0.6 is 0 Å². The Morgan fingerprint density at radius 1 is 0.912 bits per heavy atom. The molecule has 0 bridgehead atoms. The highest BCUT2D eigenvalue weighted by Crippen LogP contribution is 2.30. The summed E-state index contributed by atoms with van der Waals surface area (Å²) in [7, 11) is 0. The molecule has 0 aliphatic carbocycles. The summed E-state index contributed by atoms with van der Waals surface area (Å²) < 4.78 is 5.54. The molecule has 0 saturated carbocycles. The van der Waals surface area contributed by atoms with Gasteiger partial charge in [-0.1, -0.05) is 24.3 Å². The molecule has 1 fully saturated rings. The number of nitrogens with one attached hydrogen (secondary N) is 1. The number of nitro groups is 2. The van der Waals surface area contributed by atoms with Crippen molar-refractivity contribution in [1.29, 1.82) is 0 Å². The van der Waals surface area contributed by atoms with Gasteiger partial charge in [-0.2, -0.15) is 0 Å². The minimum absolute atomic E-state index is 0.0291. The predicted octanol–water partition coefficient (Wildman–Crippen LogP) is 3.54. The van der Waals surface area contributed by atoms with E-state index in [2.05, 4.69) is 5.43 Å². The molecular formula is C23H16N4O7. The number of hydrazine groups is 1. The van der Waals surface area contributed by atoms with Crippen LogP contribution in [-0.4, -0.2) is 21.7 Å². The lowest BCUT2D eigenvalue weighted by atomic mass is 10.1. The number of para-hydroxylation sites is 1. The lowest BCUT2D eigenvalue weighted by Gasteiger charge is -2.13. The Kier molecular flexibility index (Phi) is 5.99. The largest absolute Gasteiger partial charge is 0.482 e.